The van der Waals surface area contributed by atoms with Crippen LogP contribution in [0.5, 0.6) is 0 Å². The van der Waals surface area contributed by atoms with Crippen molar-refractivity contribution >= 4 is 11.6 Å². The summed E-state index contributed by atoms with van der Waals surface area (Å²) in [5.74, 6) is -0.375. The van der Waals surface area contributed by atoms with Gasteiger partial charge in [-0.25, -0.2) is 4.39 Å². The summed E-state index contributed by atoms with van der Waals surface area (Å²) in [6, 6.07) is 6.89. The summed E-state index contributed by atoms with van der Waals surface area (Å²) in [7, 11) is 1.86. The minimum Gasteiger partial charge on any atom is -0.314 e. The Morgan fingerprint density at radius 3 is 3.00 bits per heavy atom. The normalized spacial score (nSPS) is 10.8. The van der Waals surface area contributed by atoms with Gasteiger partial charge in [-0.1, -0.05) is 23.7 Å². The van der Waals surface area contributed by atoms with Gasteiger partial charge >= 0.3 is 0 Å². The molecular formula is C12H13ClFN3. The van der Waals surface area contributed by atoms with E-state index in [9.17, 15) is 4.39 Å². The molecule has 1 N–H and O–H groups in total. The molecule has 0 atom stereocenters. The molecule has 1 aromatic heterocycles. The quantitative estimate of drug-likeness (QED) is 0.907. The molecule has 0 saturated heterocycles. The third-order valence-corrected chi connectivity index (χ3v) is 2.81. The van der Waals surface area contributed by atoms with Crippen LogP contribution in [0.3, 0.4) is 0 Å². The zero-order valence-corrected chi connectivity index (χ0v) is 10.2. The number of aromatic nitrogens is 2. The van der Waals surface area contributed by atoms with Crippen LogP contribution in [-0.2, 0) is 13.1 Å². The van der Waals surface area contributed by atoms with Gasteiger partial charge in [0.25, 0.3) is 0 Å². The summed E-state index contributed by atoms with van der Waals surface area (Å²) in [6.07, 6.45) is 1.70. The highest BCUT2D eigenvalue weighted by molar-refractivity contribution is 6.30. The lowest BCUT2D eigenvalue weighted by Crippen LogP contribution is -2.13. The van der Waals surface area contributed by atoms with Gasteiger partial charge in [0.1, 0.15) is 5.82 Å². The van der Waals surface area contributed by atoms with Crippen molar-refractivity contribution in [3.63, 3.8) is 0 Å². The Hall–Kier alpha value is -1.39. The second-order valence-corrected chi connectivity index (χ2v) is 4.13. The van der Waals surface area contributed by atoms with Crippen molar-refractivity contribution < 1.29 is 4.39 Å². The topological polar surface area (TPSA) is 29.9 Å². The molecule has 5 heteroatoms. The lowest BCUT2D eigenvalue weighted by molar-refractivity contribution is 0.569. The van der Waals surface area contributed by atoms with Gasteiger partial charge in [0.05, 0.1) is 17.3 Å². The lowest BCUT2D eigenvalue weighted by atomic mass is 10.2. The standard InChI is InChI=1S/C12H13ClFN3/c1-15-7-10-5-6-16-17(10)8-9-3-2-4-11(13)12(9)14/h2-6,15H,7-8H2,1H3. The molecule has 1 heterocycles. The number of halogens is 2. The molecule has 0 aliphatic carbocycles. The fourth-order valence-corrected chi connectivity index (χ4v) is 1.86. The van der Waals surface area contributed by atoms with E-state index >= 15 is 0 Å². The Balaban J connectivity index is 2.25. The Kier molecular flexibility index (Phi) is 3.76. The highest BCUT2D eigenvalue weighted by atomic mass is 35.5. The van der Waals surface area contributed by atoms with E-state index in [4.69, 9.17) is 11.6 Å². The maximum absolute atomic E-state index is 13.7. The van der Waals surface area contributed by atoms with Crippen molar-refractivity contribution in [2.24, 2.45) is 0 Å². The fraction of sp³-hybridized carbons (Fsp3) is 0.250. The molecule has 0 aliphatic rings. The molecule has 0 spiro atoms. The van der Waals surface area contributed by atoms with Crippen molar-refractivity contribution in [2.75, 3.05) is 7.05 Å². The van der Waals surface area contributed by atoms with Gasteiger partial charge in [0.15, 0.2) is 0 Å². The molecule has 17 heavy (non-hydrogen) atoms. The molecule has 3 nitrogen and oxygen atoms in total. The van der Waals surface area contributed by atoms with E-state index in [0.717, 1.165) is 5.69 Å². The molecule has 0 amide bonds. The van der Waals surface area contributed by atoms with Gasteiger partial charge in [-0.15, -0.1) is 0 Å². The highest BCUT2D eigenvalue weighted by Gasteiger charge is 2.09. The SMILES string of the molecule is CNCc1ccnn1Cc1cccc(Cl)c1F. The molecule has 0 radical (unpaired) electrons. The molecule has 0 aliphatic heterocycles. The van der Waals surface area contributed by atoms with Crippen LogP contribution in [0.4, 0.5) is 4.39 Å². The summed E-state index contributed by atoms with van der Waals surface area (Å²) in [5.41, 5.74) is 1.55. The van der Waals surface area contributed by atoms with Crippen molar-refractivity contribution in [1.82, 2.24) is 15.1 Å². The Bertz CT molecular complexity index is 510. The average Bonchev–Trinajstić information content (AvgIpc) is 2.73. The Morgan fingerprint density at radius 2 is 2.24 bits per heavy atom. The first kappa shape index (κ1) is 12.1. The van der Waals surface area contributed by atoms with E-state index < -0.39 is 0 Å². The third-order valence-electron chi connectivity index (χ3n) is 2.51. The number of nitrogens with zero attached hydrogens (tertiary/aromatic N) is 2. The number of rotatable bonds is 4. The van der Waals surface area contributed by atoms with Crippen LogP contribution in [0.25, 0.3) is 0 Å². The highest BCUT2D eigenvalue weighted by Crippen LogP contribution is 2.18. The Morgan fingerprint density at radius 1 is 1.41 bits per heavy atom. The molecule has 90 valence electrons. The second kappa shape index (κ2) is 5.29. The van der Waals surface area contributed by atoms with Crippen molar-refractivity contribution in [1.29, 1.82) is 0 Å². The van der Waals surface area contributed by atoms with Gasteiger partial charge in [0.2, 0.25) is 0 Å². The first-order valence-corrected chi connectivity index (χ1v) is 5.68. The lowest BCUT2D eigenvalue weighted by Gasteiger charge is -2.08. The number of hydrogen-bond acceptors (Lipinski definition) is 2. The molecule has 2 rings (SSSR count). The summed E-state index contributed by atoms with van der Waals surface area (Å²) in [5, 5.41) is 7.35. The largest absolute Gasteiger partial charge is 0.314 e. The fourth-order valence-electron chi connectivity index (χ4n) is 1.67. The zero-order valence-electron chi connectivity index (χ0n) is 9.45. The zero-order chi connectivity index (χ0) is 12.3. The molecule has 0 unspecified atom stereocenters. The van der Waals surface area contributed by atoms with Crippen LogP contribution in [0, 0.1) is 5.82 Å². The van der Waals surface area contributed by atoms with E-state index in [2.05, 4.69) is 10.4 Å². The van der Waals surface area contributed by atoms with E-state index in [1.807, 2.05) is 13.1 Å². The predicted octanol–water partition coefficient (Wildman–Crippen LogP) is 2.44. The van der Waals surface area contributed by atoms with E-state index in [-0.39, 0.29) is 10.8 Å². The van der Waals surface area contributed by atoms with E-state index in [1.54, 1.807) is 23.0 Å². The number of benzene rings is 1. The molecule has 0 saturated carbocycles. The molecule has 2 aromatic rings. The van der Waals surface area contributed by atoms with Gasteiger partial charge in [0, 0.05) is 18.3 Å². The molecule has 0 fully saturated rings. The van der Waals surface area contributed by atoms with Crippen LogP contribution in [0.2, 0.25) is 5.02 Å². The van der Waals surface area contributed by atoms with Gasteiger partial charge < -0.3 is 5.32 Å². The van der Waals surface area contributed by atoms with Crippen LogP contribution >= 0.6 is 11.6 Å². The van der Waals surface area contributed by atoms with Crippen LogP contribution in [0.15, 0.2) is 30.5 Å². The minimum atomic E-state index is -0.375. The molecule has 1 aromatic carbocycles. The minimum absolute atomic E-state index is 0.143. The first-order chi connectivity index (χ1) is 8.22. The van der Waals surface area contributed by atoms with Crippen LogP contribution < -0.4 is 5.32 Å². The summed E-state index contributed by atoms with van der Waals surface area (Å²) < 4.78 is 15.5. The second-order valence-electron chi connectivity index (χ2n) is 3.72. The summed E-state index contributed by atoms with van der Waals surface area (Å²) >= 11 is 5.74. The predicted molar refractivity (Wildman–Crippen MR) is 65.5 cm³/mol. The average molecular weight is 254 g/mol. The third kappa shape index (κ3) is 2.65. The maximum Gasteiger partial charge on any atom is 0.146 e. The van der Waals surface area contributed by atoms with Crippen molar-refractivity contribution in [2.45, 2.75) is 13.1 Å². The summed E-state index contributed by atoms with van der Waals surface area (Å²) in [4.78, 5) is 0. The van der Waals surface area contributed by atoms with Gasteiger partial charge in [-0.3, -0.25) is 4.68 Å². The van der Waals surface area contributed by atoms with Crippen molar-refractivity contribution in [3.05, 3.63) is 52.6 Å². The maximum atomic E-state index is 13.7. The smallest absolute Gasteiger partial charge is 0.146 e. The number of nitrogens with one attached hydrogen (secondary N) is 1. The summed E-state index contributed by atoms with van der Waals surface area (Å²) in [6.45, 7) is 1.08. The van der Waals surface area contributed by atoms with Crippen molar-refractivity contribution in [3.8, 4) is 0 Å². The molecular weight excluding hydrogens is 241 g/mol. The van der Waals surface area contributed by atoms with Gasteiger partial charge in [-0.2, -0.15) is 5.10 Å². The monoisotopic (exact) mass is 253 g/mol. The van der Waals surface area contributed by atoms with Crippen LogP contribution in [-0.4, -0.2) is 16.8 Å². The van der Waals surface area contributed by atoms with Crippen LogP contribution in [0.1, 0.15) is 11.3 Å². The Labute approximate surface area is 104 Å². The van der Waals surface area contributed by atoms with E-state index in [1.165, 1.54) is 6.07 Å². The molecule has 0 bridgehead atoms. The first-order valence-electron chi connectivity index (χ1n) is 5.30. The van der Waals surface area contributed by atoms with E-state index in [0.29, 0.717) is 18.7 Å². The van der Waals surface area contributed by atoms with Gasteiger partial charge in [-0.05, 0) is 19.2 Å². The number of hydrogen-bond donors (Lipinski definition) is 1.